The molecular weight excluding hydrogens is 226 g/mol. The molecule has 1 N–H and O–H groups in total. The molecule has 2 heteroatoms. The molecule has 96 valence electrons. The molecule has 1 aromatic heterocycles. The van der Waals surface area contributed by atoms with Gasteiger partial charge in [-0.15, -0.1) is 0 Å². The van der Waals surface area contributed by atoms with Crippen molar-refractivity contribution in [3.05, 3.63) is 22.4 Å². The van der Waals surface area contributed by atoms with Crippen LogP contribution in [0, 0.1) is 11.8 Å². The fraction of sp³-hybridized carbons (Fsp3) is 0.733. The Balaban J connectivity index is 1.83. The molecule has 1 fully saturated rings. The van der Waals surface area contributed by atoms with Crippen LogP contribution < -0.4 is 5.32 Å². The van der Waals surface area contributed by atoms with Gasteiger partial charge in [0.15, 0.2) is 0 Å². The van der Waals surface area contributed by atoms with E-state index in [1.165, 1.54) is 44.1 Å². The summed E-state index contributed by atoms with van der Waals surface area (Å²) < 4.78 is 0. The second-order valence-corrected chi connectivity index (χ2v) is 6.38. The zero-order valence-corrected chi connectivity index (χ0v) is 11.9. The standard InChI is InChI=1S/C15H25NS/c1-12-4-3-5-14(10-12)15(16-2)7-6-13-8-9-17-11-13/h8-9,11-12,14-16H,3-7,10H2,1-2H3. The van der Waals surface area contributed by atoms with E-state index >= 15 is 0 Å². The molecule has 1 heterocycles. The van der Waals surface area contributed by atoms with Crippen molar-refractivity contribution in [1.82, 2.24) is 5.32 Å². The van der Waals surface area contributed by atoms with E-state index < -0.39 is 0 Å². The SMILES string of the molecule is CNC(CCc1ccsc1)C1CCCC(C)C1. The first-order valence-electron chi connectivity index (χ1n) is 6.98. The predicted octanol–water partition coefficient (Wildman–Crippen LogP) is 4.10. The Labute approximate surface area is 110 Å². The van der Waals surface area contributed by atoms with Crippen LogP contribution in [0.2, 0.25) is 0 Å². The minimum Gasteiger partial charge on any atom is -0.317 e. The largest absolute Gasteiger partial charge is 0.317 e. The van der Waals surface area contributed by atoms with Gasteiger partial charge in [-0.3, -0.25) is 0 Å². The number of thiophene rings is 1. The first kappa shape index (κ1) is 13.1. The Morgan fingerprint density at radius 1 is 1.47 bits per heavy atom. The van der Waals surface area contributed by atoms with Crippen LogP contribution in [0.4, 0.5) is 0 Å². The normalized spacial score (nSPS) is 26.9. The van der Waals surface area contributed by atoms with Gasteiger partial charge in [0.1, 0.15) is 0 Å². The Hall–Kier alpha value is -0.340. The minimum absolute atomic E-state index is 0.720. The van der Waals surface area contributed by atoms with E-state index in [0.29, 0.717) is 0 Å². The lowest BCUT2D eigenvalue weighted by atomic mass is 9.77. The Kier molecular flexibility index (Phi) is 5.05. The van der Waals surface area contributed by atoms with E-state index in [-0.39, 0.29) is 0 Å². The highest BCUT2D eigenvalue weighted by Crippen LogP contribution is 2.32. The van der Waals surface area contributed by atoms with Crippen LogP contribution in [0.3, 0.4) is 0 Å². The first-order valence-corrected chi connectivity index (χ1v) is 7.92. The smallest absolute Gasteiger partial charge is 0.00955 e. The van der Waals surface area contributed by atoms with Gasteiger partial charge in [-0.2, -0.15) is 11.3 Å². The van der Waals surface area contributed by atoms with Crippen molar-refractivity contribution >= 4 is 11.3 Å². The second kappa shape index (κ2) is 6.55. The summed E-state index contributed by atoms with van der Waals surface area (Å²) in [6.45, 7) is 2.41. The van der Waals surface area contributed by atoms with Gasteiger partial charge in [0.05, 0.1) is 0 Å². The summed E-state index contributed by atoms with van der Waals surface area (Å²) >= 11 is 1.81. The van der Waals surface area contributed by atoms with E-state index in [1.54, 1.807) is 0 Å². The lowest BCUT2D eigenvalue weighted by molar-refractivity contribution is 0.221. The van der Waals surface area contributed by atoms with Gasteiger partial charge in [-0.25, -0.2) is 0 Å². The van der Waals surface area contributed by atoms with Crippen LogP contribution in [-0.4, -0.2) is 13.1 Å². The number of nitrogens with one attached hydrogen (secondary N) is 1. The van der Waals surface area contributed by atoms with Crippen molar-refractivity contribution < 1.29 is 0 Å². The summed E-state index contributed by atoms with van der Waals surface area (Å²) in [6.07, 6.45) is 8.26. The zero-order valence-electron chi connectivity index (χ0n) is 11.1. The molecule has 0 radical (unpaired) electrons. The fourth-order valence-corrected chi connectivity index (χ4v) is 3.92. The van der Waals surface area contributed by atoms with Crippen LogP contribution >= 0.6 is 11.3 Å². The Bertz CT molecular complexity index is 307. The highest BCUT2D eigenvalue weighted by Gasteiger charge is 2.25. The maximum Gasteiger partial charge on any atom is 0.00955 e. The molecule has 0 amide bonds. The molecule has 0 aliphatic heterocycles. The molecular formula is C15H25NS. The van der Waals surface area contributed by atoms with E-state index in [1.807, 2.05) is 11.3 Å². The summed E-state index contributed by atoms with van der Waals surface area (Å²) in [5.41, 5.74) is 1.51. The number of aryl methyl sites for hydroxylation is 1. The average molecular weight is 251 g/mol. The summed E-state index contributed by atoms with van der Waals surface area (Å²) in [6, 6.07) is 2.98. The third-order valence-electron chi connectivity index (χ3n) is 4.24. The third kappa shape index (κ3) is 3.82. The van der Waals surface area contributed by atoms with Crippen LogP contribution in [0.5, 0.6) is 0 Å². The fourth-order valence-electron chi connectivity index (χ4n) is 3.22. The maximum absolute atomic E-state index is 3.56. The number of hydrogen-bond acceptors (Lipinski definition) is 2. The molecule has 0 aromatic carbocycles. The average Bonchev–Trinajstić information content (AvgIpc) is 2.83. The van der Waals surface area contributed by atoms with E-state index in [2.05, 4.69) is 36.1 Å². The molecule has 1 aromatic rings. The maximum atomic E-state index is 3.56. The predicted molar refractivity (Wildman–Crippen MR) is 76.6 cm³/mol. The molecule has 2 rings (SSSR count). The molecule has 1 aliphatic rings. The summed E-state index contributed by atoms with van der Waals surface area (Å²) in [5, 5.41) is 8.03. The lowest BCUT2D eigenvalue weighted by Gasteiger charge is -2.33. The number of hydrogen-bond donors (Lipinski definition) is 1. The van der Waals surface area contributed by atoms with Gasteiger partial charge in [0.25, 0.3) is 0 Å². The summed E-state index contributed by atoms with van der Waals surface area (Å²) in [5.74, 6) is 1.84. The van der Waals surface area contributed by atoms with Crippen LogP contribution in [-0.2, 0) is 6.42 Å². The van der Waals surface area contributed by atoms with Crippen molar-refractivity contribution in [1.29, 1.82) is 0 Å². The van der Waals surface area contributed by atoms with Crippen LogP contribution in [0.15, 0.2) is 16.8 Å². The van der Waals surface area contributed by atoms with Crippen molar-refractivity contribution in [2.45, 2.75) is 51.5 Å². The summed E-state index contributed by atoms with van der Waals surface area (Å²) in [4.78, 5) is 0. The van der Waals surface area contributed by atoms with E-state index in [4.69, 9.17) is 0 Å². The van der Waals surface area contributed by atoms with Crippen LogP contribution in [0.25, 0.3) is 0 Å². The summed E-state index contributed by atoms with van der Waals surface area (Å²) in [7, 11) is 2.14. The van der Waals surface area contributed by atoms with Crippen molar-refractivity contribution in [2.75, 3.05) is 7.05 Å². The Morgan fingerprint density at radius 2 is 2.35 bits per heavy atom. The molecule has 0 bridgehead atoms. The lowest BCUT2D eigenvalue weighted by Crippen LogP contribution is -2.36. The Morgan fingerprint density at radius 3 is 3.00 bits per heavy atom. The molecule has 1 aliphatic carbocycles. The van der Waals surface area contributed by atoms with Gasteiger partial charge in [0.2, 0.25) is 0 Å². The molecule has 0 saturated heterocycles. The van der Waals surface area contributed by atoms with E-state index in [9.17, 15) is 0 Å². The van der Waals surface area contributed by atoms with Crippen molar-refractivity contribution in [3.63, 3.8) is 0 Å². The quantitative estimate of drug-likeness (QED) is 0.831. The highest BCUT2D eigenvalue weighted by atomic mass is 32.1. The van der Waals surface area contributed by atoms with Gasteiger partial charge >= 0.3 is 0 Å². The molecule has 1 saturated carbocycles. The topological polar surface area (TPSA) is 12.0 Å². The molecule has 1 nitrogen and oxygen atoms in total. The first-order chi connectivity index (χ1) is 8.29. The highest BCUT2D eigenvalue weighted by molar-refractivity contribution is 7.07. The monoisotopic (exact) mass is 251 g/mol. The molecule has 17 heavy (non-hydrogen) atoms. The van der Waals surface area contributed by atoms with Gasteiger partial charge < -0.3 is 5.32 Å². The molecule has 3 unspecified atom stereocenters. The molecule has 3 atom stereocenters. The zero-order chi connectivity index (χ0) is 12.1. The van der Waals surface area contributed by atoms with Gasteiger partial charge in [0, 0.05) is 6.04 Å². The number of rotatable bonds is 5. The second-order valence-electron chi connectivity index (χ2n) is 5.60. The van der Waals surface area contributed by atoms with Crippen LogP contribution in [0.1, 0.15) is 44.6 Å². The van der Waals surface area contributed by atoms with Crippen molar-refractivity contribution in [2.24, 2.45) is 11.8 Å². The van der Waals surface area contributed by atoms with E-state index in [0.717, 1.165) is 17.9 Å². The third-order valence-corrected chi connectivity index (χ3v) is 4.97. The van der Waals surface area contributed by atoms with Crippen molar-refractivity contribution in [3.8, 4) is 0 Å². The minimum atomic E-state index is 0.720. The molecule has 0 spiro atoms. The van der Waals surface area contributed by atoms with Gasteiger partial charge in [-0.05, 0) is 67.0 Å². The van der Waals surface area contributed by atoms with Gasteiger partial charge in [-0.1, -0.05) is 19.8 Å².